The van der Waals surface area contributed by atoms with E-state index in [4.69, 9.17) is 0 Å². The van der Waals surface area contributed by atoms with E-state index in [1.807, 2.05) is 0 Å². The van der Waals surface area contributed by atoms with Crippen molar-refractivity contribution in [2.75, 3.05) is 26.2 Å². The number of nitrogens with zero attached hydrogens (tertiary/aromatic N) is 1. The predicted octanol–water partition coefficient (Wildman–Crippen LogP) is 0.305. The fourth-order valence-corrected chi connectivity index (χ4v) is 3.16. The molecule has 1 aliphatic heterocycles. The van der Waals surface area contributed by atoms with Gasteiger partial charge < -0.3 is 5.32 Å². The Morgan fingerprint density at radius 1 is 1.25 bits per heavy atom. The second kappa shape index (κ2) is 6.54. The lowest BCUT2D eigenvalue weighted by atomic mass is 10.1. The summed E-state index contributed by atoms with van der Waals surface area (Å²) < 4.78 is 27.5. The van der Waals surface area contributed by atoms with Crippen LogP contribution in [0.3, 0.4) is 0 Å². The van der Waals surface area contributed by atoms with Crippen LogP contribution in [0.1, 0.15) is 33.1 Å². The number of piperidine rings is 1. The van der Waals surface area contributed by atoms with Crippen molar-refractivity contribution in [2.45, 2.75) is 39.2 Å². The summed E-state index contributed by atoms with van der Waals surface area (Å²) in [5.74, 6) is 0. The Morgan fingerprint density at radius 2 is 1.88 bits per heavy atom. The minimum absolute atomic E-state index is 0.455. The third kappa shape index (κ3) is 4.01. The zero-order chi connectivity index (χ0) is 12.0. The predicted molar refractivity (Wildman–Crippen MR) is 65.5 cm³/mol. The quantitative estimate of drug-likeness (QED) is 0.712. The van der Waals surface area contributed by atoms with Gasteiger partial charge in [0.1, 0.15) is 0 Å². The number of nitrogens with one attached hydrogen (secondary N) is 2. The van der Waals surface area contributed by atoms with E-state index in [2.05, 4.69) is 17.0 Å². The molecule has 0 bridgehead atoms. The molecule has 1 rings (SSSR count). The maximum atomic E-state index is 11.7. The van der Waals surface area contributed by atoms with Gasteiger partial charge in [0.2, 0.25) is 0 Å². The van der Waals surface area contributed by atoms with E-state index in [0.717, 1.165) is 25.8 Å². The minimum Gasteiger partial charge on any atom is -0.314 e. The largest absolute Gasteiger partial charge is 0.314 e. The fourth-order valence-electron chi connectivity index (χ4n) is 1.92. The molecule has 0 atom stereocenters. The maximum Gasteiger partial charge on any atom is 0.279 e. The second-order valence-electron chi connectivity index (χ2n) is 4.13. The summed E-state index contributed by atoms with van der Waals surface area (Å²) in [6.45, 7) is 6.65. The van der Waals surface area contributed by atoms with Crippen molar-refractivity contribution < 1.29 is 8.42 Å². The van der Waals surface area contributed by atoms with Crippen LogP contribution in [0, 0.1) is 0 Å². The molecule has 5 nitrogen and oxygen atoms in total. The van der Waals surface area contributed by atoms with E-state index in [-0.39, 0.29) is 0 Å². The molecule has 0 unspecified atom stereocenters. The summed E-state index contributed by atoms with van der Waals surface area (Å²) in [5.41, 5.74) is 0. The molecule has 0 spiro atoms. The van der Waals surface area contributed by atoms with E-state index in [0.29, 0.717) is 25.7 Å². The maximum absolute atomic E-state index is 11.7. The second-order valence-corrected chi connectivity index (χ2v) is 5.89. The van der Waals surface area contributed by atoms with Gasteiger partial charge in [-0.3, -0.25) is 0 Å². The zero-order valence-corrected chi connectivity index (χ0v) is 11.0. The van der Waals surface area contributed by atoms with Crippen LogP contribution < -0.4 is 10.0 Å². The van der Waals surface area contributed by atoms with Crippen molar-refractivity contribution in [3.63, 3.8) is 0 Å². The van der Waals surface area contributed by atoms with Crippen LogP contribution in [-0.2, 0) is 10.2 Å². The Kier molecular flexibility index (Phi) is 5.68. The van der Waals surface area contributed by atoms with Crippen LogP contribution in [-0.4, -0.2) is 44.9 Å². The summed E-state index contributed by atoms with van der Waals surface area (Å²) in [6.07, 6.45) is 2.94. The number of hydrogen-bond donors (Lipinski definition) is 2. The molecule has 2 N–H and O–H groups in total. The average Bonchev–Trinajstić information content (AvgIpc) is 2.27. The minimum atomic E-state index is -3.22. The molecule has 0 aliphatic carbocycles. The molecule has 1 fully saturated rings. The van der Waals surface area contributed by atoms with Gasteiger partial charge in [-0.1, -0.05) is 13.8 Å². The van der Waals surface area contributed by atoms with Gasteiger partial charge in [-0.05, 0) is 25.8 Å². The van der Waals surface area contributed by atoms with Gasteiger partial charge in [0.25, 0.3) is 10.2 Å². The highest BCUT2D eigenvalue weighted by Crippen LogP contribution is 2.12. The third-order valence-corrected chi connectivity index (χ3v) is 4.50. The Hall–Kier alpha value is -0.170. The standard InChI is InChI=1S/C10H23N3O2S/c1-3-7-11-10-5-8-13(9-6-10)16(14,15)12-4-2/h10-12H,3-9H2,1-2H3. The normalized spacial score (nSPS) is 20.1. The van der Waals surface area contributed by atoms with Crippen molar-refractivity contribution in [3.8, 4) is 0 Å². The molecule has 1 saturated heterocycles. The lowest BCUT2D eigenvalue weighted by Gasteiger charge is -2.31. The average molecular weight is 249 g/mol. The third-order valence-electron chi connectivity index (χ3n) is 2.80. The number of rotatable bonds is 6. The molecule has 0 amide bonds. The first-order chi connectivity index (χ1) is 7.60. The first kappa shape index (κ1) is 13.9. The van der Waals surface area contributed by atoms with Gasteiger partial charge in [0, 0.05) is 25.7 Å². The molecule has 0 aromatic heterocycles. The fraction of sp³-hybridized carbons (Fsp3) is 1.00. The molecule has 6 heteroatoms. The van der Waals surface area contributed by atoms with Gasteiger partial charge in [-0.25, -0.2) is 4.72 Å². The first-order valence-corrected chi connectivity index (χ1v) is 7.52. The Bertz CT molecular complexity index is 284. The summed E-state index contributed by atoms with van der Waals surface area (Å²) in [7, 11) is -3.22. The molecule has 96 valence electrons. The van der Waals surface area contributed by atoms with Crippen molar-refractivity contribution in [2.24, 2.45) is 0 Å². The van der Waals surface area contributed by atoms with Gasteiger partial charge >= 0.3 is 0 Å². The van der Waals surface area contributed by atoms with Gasteiger partial charge in [-0.15, -0.1) is 0 Å². The molecule has 0 aromatic carbocycles. The molecule has 16 heavy (non-hydrogen) atoms. The van der Waals surface area contributed by atoms with E-state index in [1.54, 1.807) is 11.2 Å². The highest BCUT2D eigenvalue weighted by molar-refractivity contribution is 7.87. The van der Waals surface area contributed by atoms with Crippen LogP contribution in [0.2, 0.25) is 0 Å². The van der Waals surface area contributed by atoms with Crippen LogP contribution in [0.15, 0.2) is 0 Å². The van der Waals surface area contributed by atoms with Gasteiger partial charge in [0.15, 0.2) is 0 Å². The highest BCUT2D eigenvalue weighted by Gasteiger charge is 2.26. The lowest BCUT2D eigenvalue weighted by molar-refractivity contribution is 0.287. The molecular weight excluding hydrogens is 226 g/mol. The van der Waals surface area contributed by atoms with Crippen LogP contribution in [0.25, 0.3) is 0 Å². The summed E-state index contributed by atoms with van der Waals surface area (Å²) >= 11 is 0. The zero-order valence-electron chi connectivity index (χ0n) is 10.2. The summed E-state index contributed by atoms with van der Waals surface area (Å²) in [4.78, 5) is 0. The van der Waals surface area contributed by atoms with Gasteiger partial charge in [0.05, 0.1) is 0 Å². The van der Waals surface area contributed by atoms with Crippen molar-refractivity contribution >= 4 is 10.2 Å². The Morgan fingerprint density at radius 3 is 2.38 bits per heavy atom. The van der Waals surface area contributed by atoms with E-state index >= 15 is 0 Å². The van der Waals surface area contributed by atoms with Crippen molar-refractivity contribution in [1.82, 2.24) is 14.3 Å². The Labute approximate surface area is 98.8 Å². The highest BCUT2D eigenvalue weighted by atomic mass is 32.2. The van der Waals surface area contributed by atoms with E-state index < -0.39 is 10.2 Å². The molecule has 0 radical (unpaired) electrons. The number of hydrogen-bond acceptors (Lipinski definition) is 3. The molecule has 0 saturated carbocycles. The van der Waals surface area contributed by atoms with E-state index in [1.165, 1.54) is 0 Å². The first-order valence-electron chi connectivity index (χ1n) is 6.08. The van der Waals surface area contributed by atoms with E-state index in [9.17, 15) is 8.42 Å². The molecule has 0 aromatic rings. The van der Waals surface area contributed by atoms with Crippen LogP contribution in [0.4, 0.5) is 0 Å². The molecular formula is C10H23N3O2S. The lowest BCUT2D eigenvalue weighted by Crippen LogP contribution is -2.48. The SMILES string of the molecule is CCCNC1CCN(S(=O)(=O)NCC)CC1. The van der Waals surface area contributed by atoms with Crippen LogP contribution >= 0.6 is 0 Å². The topological polar surface area (TPSA) is 61.4 Å². The van der Waals surface area contributed by atoms with Gasteiger partial charge in [-0.2, -0.15) is 12.7 Å². The van der Waals surface area contributed by atoms with Crippen LogP contribution in [0.5, 0.6) is 0 Å². The van der Waals surface area contributed by atoms with Crippen molar-refractivity contribution in [3.05, 3.63) is 0 Å². The monoisotopic (exact) mass is 249 g/mol. The smallest absolute Gasteiger partial charge is 0.279 e. The summed E-state index contributed by atoms with van der Waals surface area (Å²) in [5, 5.41) is 3.43. The summed E-state index contributed by atoms with van der Waals surface area (Å²) in [6, 6.07) is 0.480. The van der Waals surface area contributed by atoms with Crippen molar-refractivity contribution in [1.29, 1.82) is 0 Å². The molecule has 1 aliphatic rings. The Balaban J connectivity index is 2.37. The molecule has 1 heterocycles.